The first-order valence-corrected chi connectivity index (χ1v) is 6.74. The minimum atomic E-state index is 0.595. The third kappa shape index (κ3) is 2.64. The van der Waals surface area contributed by atoms with E-state index in [9.17, 15) is 0 Å². The van der Waals surface area contributed by atoms with Crippen molar-refractivity contribution >= 4 is 0 Å². The van der Waals surface area contributed by atoms with Gasteiger partial charge in [-0.05, 0) is 18.6 Å². The molecule has 0 bridgehead atoms. The Balaban J connectivity index is 1.87. The van der Waals surface area contributed by atoms with Gasteiger partial charge in [-0.1, -0.05) is 25.5 Å². The lowest BCUT2D eigenvalue weighted by Gasteiger charge is -1.99. The normalized spacial score (nSPS) is 10.8. The Bertz CT molecular complexity index is 671. The van der Waals surface area contributed by atoms with Gasteiger partial charge in [-0.2, -0.15) is 0 Å². The van der Waals surface area contributed by atoms with Gasteiger partial charge in [0.1, 0.15) is 12.5 Å². The number of oxazole rings is 2. The van der Waals surface area contributed by atoms with E-state index in [1.165, 1.54) is 0 Å². The first-order chi connectivity index (χ1) is 9.86. The van der Waals surface area contributed by atoms with Gasteiger partial charge in [0.25, 0.3) is 0 Å². The van der Waals surface area contributed by atoms with Crippen molar-refractivity contribution in [2.24, 2.45) is 0 Å². The second kappa shape index (κ2) is 5.74. The molecular weight excluding hydrogens is 252 g/mol. The highest BCUT2D eigenvalue weighted by atomic mass is 16.4. The number of unbranched alkanes of at least 4 members (excludes halogenated alkanes) is 1. The first kappa shape index (κ1) is 12.7. The Morgan fingerprint density at radius 3 is 2.95 bits per heavy atom. The van der Waals surface area contributed by atoms with Crippen LogP contribution in [0.3, 0.4) is 0 Å². The molecule has 20 heavy (non-hydrogen) atoms. The van der Waals surface area contributed by atoms with Crippen molar-refractivity contribution in [3.63, 3.8) is 0 Å². The second-order valence-corrected chi connectivity index (χ2v) is 4.57. The average molecular weight is 267 g/mol. The SMILES string of the molecule is CCCCc1n[c]c(-c2cccc(-c3ncco3)c2)o1. The predicted molar refractivity (Wildman–Crippen MR) is 74.9 cm³/mol. The average Bonchev–Trinajstić information content (AvgIpc) is 3.17. The molecule has 0 unspecified atom stereocenters. The number of hydrogen-bond donors (Lipinski definition) is 0. The number of aromatic nitrogens is 2. The van der Waals surface area contributed by atoms with Crippen molar-refractivity contribution in [1.29, 1.82) is 0 Å². The number of benzene rings is 1. The monoisotopic (exact) mass is 267 g/mol. The van der Waals surface area contributed by atoms with Crippen molar-refractivity contribution < 1.29 is 8.83 Å². The van der Waals surface area contributed by atoms with Crippen LogP contribution in [0.5, 0.6) is 0 Å². The van der Waals surface area contributed by atoms with Gasteiger partial charge in [-0.25, -0.2) is 9.97 Å². The fourth-order valence-corrected chi connectivity index (χ4v) is 1.99. The molecule has 0 amide bonds. The summed E-state index contributed by atoms with van der Waals surface area (Å²) in [6, 6.07) is 7.82. The fraction of sp³-hybridized carbons (Fsp3) is 0.250. The molecule has 4 nitrogen and oxygen atoms in total. The summed E-state index contributed by atoms with van der Waals surface area (Å²) in [6.45, 7) is 2.15. The number of nitrogens with zero attached hydrogens (tertiary/aromatic N) is 2. The highest BCUT2D eigenvalue weighted by molar-refractivity contribution is 5.65. The molecule has 1 radical (unpaired) electrons. The van der Waals surface area contributed by atoms with Crippen molar-refractivity contribution in [3.8, 4) is 22.8 Å². The highest BCUT2D eigenvalue weighted by Gasteiger charge is 2.09. The number of hydrogen-bond acceptors (Lipinski definition) is 4. The van der Waals surface area contributed by atoms with Crippen LogP contribution in [0, 0.1) is 6.20 Å². The molecule has 0 fully saturated rings. The first-order valence-electron chi connectivity index (χ1n) is 6.74. The van der Waals surface area contributed by atoms with Crippen molar-refractivity contribution in [2.45, 2.75) is 26.2 Å². The Kier molecular flexibility index (Phi) is 3.63. The molecule has 0 saturated carbocycles. The van der Waals surface area contributed by atoms with Gasteiger partial charge < -0.3 is 8.83 Å². The minimum Gasteiger partial charge on any atom is -0.445 e. The summed E-state index contributed by atoms with van der Waals surface area (Å²) in [5, 5.41) is 0. The largest absolute Gasteiger partial charge is 0.445 e. The summed E-state index contributed by atoms with van der Waals surface area (Å²) in [5.41, 5.74) is 1.84. The van der Waals surface area contributed by atoms with Crippen LogP contribution < -0.4 is 0 Å². The van der Waals surface area contributed by atoms with E-state index < -0.39 is 0 Å². The van der Waals surface area contributed by atoms with Gasteiger partial charge in [0.05, 0.1) is 6.20 Å². The van der Waals surface area contributed by atoms with E-state index in [1.54, 1.807) is 12.5 Å². The Morgan fingerprint density at radius 1 is 1.25 bits per heavy atom. The van der Waals surface area contributed by atoms with Crippen molar-refractivity contribution in [1.82, 2.24) is 9.97 Å². The Hall–Kier alpha value is -2.36. The van der Waals surface area contributed by atoms with Gasteiger partial charge in [0, 0.05) is 17.5 Å². The smallest absolute Gasteiger partial charge is 0.225 e. The lowest BCUT2D eigenvalue weighted by atomic mass is 10.1. The molecule has 2 aromatic heterocycles. The molecule has 0 atom stereocenters. The molecule has 3 rings (SSSR count). The van der Waals surface area contributed by atoms with Gasteiger partial charge in [-0.3, -0.25) is 0 Å². The fourth-order valence-electron chi connectivity index (χ4n) is 1.99. The topological polar surface area (TPSA) is 52.1 Å². The zero-order valence-corrected chi connectivity index (χ0v) is 11.3. The second-order valence-electron chi connectivity index (χ2n) is 4.57. The summed E-state index contributed by atoms with van der Waals surface area (Å²) >= 11 is 0. The van der Waals surface area contributed by atoms with Crippen LogP contribution in [0.4, 0.5) is 0 Å². The van der Waals surface area contributed by atoms with E-state index in [-0.39, 0.29) is 0 Å². The standard InChI is InChI=1S/C16H15N2O2/c1-2-3-7-15-18-11-14(20-15)12-5-4-6-13(10-12)16-17-8-9-19-16/h4-6,8-10H,2-3,7H2,1H3. The summed E-state index contributed by atoms with van der Waals surface area (Å²) < 4.78 is 11.0. The van der Waals surface area contributed by atoms with Gasteiger partial charge >= 0.3 is 0 Å². The maximum Gasteiger partial charge on any atom is 0.225 e. The number of aryl methyl sites for hydroxylation is 1. The van der Waals surface area contributed by atoms with Crippen LogP contribution in [-0.2, 0) is 6.42 Å². The highest BCUT2D eigenvalue weighted by Crippen LogP contribution is 2.25. The molecule has 101 valence electrons. The summed E-state index contributed by atoms with van der Waals surface area (Å²) in [7, 11) is 0. The van der Waals surface area contributed by atoms with Gasteiger partial charge in [0.2, 0.25) is 5.89 Å². The summed E-state index contributed by atoms with van der Waals surface area (Å²) in [4.78, 5) is 8.34. The van der Waals surface area contributed by atoms with E-state index >= 15 is 0 Å². The van der Waals surface area contributed by atoms with Crippen molar-refractivity contribution in [3.05, 3.63) is 48.8 Å². The van der Waals surface area contributed by atoms with E-state index in [1.807, 2.05) is 24.3 Å². The summed E-state index contributed by atoms with van der Waals surface area (Å²) in [5.74, 6) is 1.99. The number of rotatable bonds is 5. The van der Waals surface area contributed by atoms with Crippen LogP contribution in [0.25, 0.3) is 22.8 Å². The van der Waals surface area contributed by atoms with Crippen LogP contribution in [0.1, 0.15) is 25.7 Å². The molecule has 0 aliphatic heterocycles. The maximum absolute atomic E-state index is 5.73. The third-order valence-electron chi connectivity index (χ3n) is 3.05. The lowest BCUT2D eigenvalue weighted by molar-refractivity contribution is 0.496. The van der Waals surface area contributed by atoms with Gasteiger partial charge in [-0.15, -0.1) is 0 Å². The molecule has 0 saturated heterocycles. The minimum absolute atomic E-state index is 0.595. The molecule has 0 N–H and O–H groups in total. The Morgan fingerprint density at radius 2 is 2.15 bits per heavy atom. The zero-order chi connectivity index (χ0) is 13.8. The van der Waals surface area contributed by atoms with Crippen LogP contribution in [0.15, 0.2) is 45.6 Å². The molecular formula is C16H15N2O2. The Labute approximate surface area is 117 Å². The molecule has 1 aromatic carbocycles. The van der Waals surface area contributed by atoms with Crippen LogP contribution >= 0.6 is 0 Å². The van der Waals surface area contributed by atoms with E-state index in [2.05, 4.69) is 23.1 Å². The molecule has 0 spiro atoms. The van der Waals surface area contributed by atoms with E-state index in [4.69, 9.17) is 8.83 Å². The lowest BCUT2D eigenvalue weighted by Crippen LogP contribution is -1.82. The molecule has 0 aliphatic rings. The van der Waals surface area contributed by atoms with Gasteiger partial charge in [0.15, 0.2) is 11.7 Å². The van der Waals surface area contributed by atoms with Crippen LogP contribution in [-0.4, -0.2) is 9.97 Å². The molecule has 3 aromatic rings. The molecule has 4 heteroatoms. The predicted octanol–water partition coefficient (Wildman–Crippen LogP) is 4.14. The van der Waals surface area contributed by atoms with E-state index in [0.29, 0.717) is 11.7 Å². The zero-order valence-electron chi connectivity index (χ0n) is 11.3. The van der Waals surface area contributed by atoms with Crippen LogP contribution in [0.2, 0.25) is 0 Å². The molecule has 0 aliphatic carbocycles. The van der Waals surface area contributed by atoms with E-state index in [0.717, 1.165) is 36.3 Å². The summed E-state index contributed by atoms with van der Waals surface area (Å²) in [6.07, 6.45) is 9.18. The third-order valence-corrected chi connectivity index (χ3v) is 3.05. The quantitative estimate of drug-likeness (QED) is 0.697. The van der Waals surface area contributed by atoms with Crippen molar-refractivity contribution in [2.75, 3.05) is 0 Å². The maximum atomic E-state index is 5.73. The molecule has 2 heterocycles.